The van der Waals surface area contributed by atoms with Gasteiger partial charge in [-0.1, -0.05) is 81.6 Å². The third-order valence-electron chi connectivity index (χ3n) is 6.41. The molecule has 0 fully saturated rings. The molecule has 12 heteroatoms. The Balaban J connectivity index is 1.25. The molecule has 0 radical (unpaired) electrons. The molecule has 3 amide bonds. The third-order valence-corrected chi connectivity index (χ3v) is 9.50. The summed E-state index contributed by atoms with van der Waals surface area (Å²) in [6.45, 7) is 1.79. The number of rotatable bonds is 10. The summed E-state index contributed by atoms with van der Waals surface area (Å²) in [6.07, 6.45) is 1.61. The van der Waals surface area contributed by atoms with E-state index in [0.29, 0.717) is 32.1 Å². The number of nitrogens with one attached hydrogen (secondary N) is 3. The number of thioether (sulfide) groups is 1. The Hall–Kier alpha value is -3.93. The minimum absolute atomic E-state index is 0.0708. The number of carbonyl (C=O) groups excluding carboxylic acids is 3. The maximum absolute atomic E-state index is 13.5. The number of benzene rings is 4. The summed E-state index contributed by atoms with van der Waals surface area (Å²) in [5.41, 5.74) is 3.19. The van der Waals surface area contributed by atoms with Crippen LogP contribution in [-0.2, 0) is 9.59 Å². The smallest absolute Gasteiger partial charge is 0.272 e. The van der Waals surface area contributed by atoms with E-state index in [0.717, 1.165) is 20.5 Å². The number of amides is 3. The Labute approximate surface area is 292 Å². The number of hydrogen-bond donors (Lipinski definition) is 3. The molecular weight excluding hydrogens is 727 g/mol. The highest BCUT2D eigenvalue weighted by molar-refractivity contribution is 9.10. The van der Waals surface area contributed by atoms with Gasteiger partial charge in [0.15, 0.2) is 5.13 Å². The van der Waals surface area contributed by atoms with Gasteiger partial charge >= 0.3 is 0 Å². The zero-order valence-corrected chi connectivity index (χ0v) is 28.8. The molecule has 0 saturated carbocycles. The van der Waals surface area contributed by atoms with Crippen LogP contribution in [0, 0.1) is 0 Å². The van der Waals surface area contributed by atoms with Gasteiger partial charge in [0.1, 0.15) is 5.70 Å². The lowest BCUT2D eigenvalue weighted by molar-refractivity contribution is -0.115. The van der Waals surface area contributed by atoms with Gasteiger partial charge in [0.25, 0.3) is 11.8 Å². The zero-order valence-electron chi connectivity index (χ0n) is 24.1. The Bertz CT molecular complexity index is 1930. The van der Waals surface area contributed by atoms with Crippen LogP contribution in [0.15, 0.2) is 118 Å². The van der Waals surface area contributed by atoms with E-state index in [9.17, 15) is 14.4 Å². The molecular formula is C34H25BrCl2N4O3S2. The molecule has 1 atom stereocenters. The van der Waals surface area contributed by atoms with Gasteiger partial charge in [0.05, 0.1) is 21.0 Å². The number of carbonyl (C=O) groups is 3. The number of aromatic nitrogens is 1. The summed E-state index contributed by atoms with van der Waals surface area (Å²) in [4.78, 5) is 44.7. The summed E-state index contributed by atoms with van der Waals surface area (Å²) in [7, 11) is 0. The molecule has 7 nitrogen and oxygen atoms in total. The van der Waals surface area contributed by atoms with Gasteiger partial charge in [-0.25, -0.2) is 4.98 Å². The second-order valence-corrected chi connectivity index (χ2v) is 13.8. The summed E-state index contributed by atoms with van der Waals surface area (Å²) in [5, 5.41) is 11.2. The summed E-state index contributed by atoms with van der Waals surface area (Å²) >= 11 is 18.2. The molecule has 1 heterocycles. The van der Waals surface area contributed by atoms with Crippen molar-refractivity contribution >= 4 is 96.8 Å². The van der Waals surface area contributed by atoms with E-state index in [-0.39, 0.29) is 11.6 Å². The predicted octanol–water partition coefficient (Wildman–Crippen LogP) is 9.41. The van der Waals surface area contributed by atoms with Crippen LogP contribution >= 0.6 is 62.2 Å². The molecule has 0 aliphatic carbocycles. The number of hydrogen-bond acceptors (Lipinski definition) is 6. The molecule has 0 aliphatic rings. The van der Waals surface area contributed by atoms with E-state index >= 15 is 0 Å². The zero-order chi connectivity index (χ0) is 32.6. The van der Waals surface area contributed by atoms with Gasteiger partial charge < -0.3 is 16.0 Å². The molecule has 5 rings (SSSR count). The van der Waals surface area contributed by atoms with Crippen LogP contribution in [0.5, 0.6) is 0 Å². The SMILES string of the molecule is CC(Sc1cccc(NC(=O)/C(=C\c2cccc(Br)c2)NC(=O)c2ccccc2)c1)C(=O)Nc1nc(-c2ccc(Cl)c(Cl)c2)cs1. The number of thiazole rings is 1. The van der Waals surface area contributed by atoms with Crippen LogP contribution in [-0.4, -0.2) is 28.0 Å². The molecule has 46 heavy (non-hydrogen) atoms. The third kappa shape index (κ3) is 9.08. The average molecular weight is 753 g/mol. The van der Waals surface area contributed by atoms with Crippen LogP contribution in [0.4, 0.5) is 10.8 Å². The van der Waals surface area contributed by atoms with Crippen molar-refractivity contribution in [2.75, 3.05) is 10.6 Å². The average Bonchev–Trinajstić information content (AvgIpc) is 3.51. The fourth-order valence-corrected chi connectivity index (χ4v) is 6.50. The van der Waals surface area contributed by atoms with Crippen LogP contribution in [0.1, 0.15) is 22.8 Å². The molecule has 0 saturated heterocycles. The molecule has 5 aromatic rings. The lowest BCUT2D eigenvalue weighted by Crippen LogP contribution is -2.30. The first-order valence-corrected chi connectivity index (χ1v) is 17.1. The molecule has 0 bridgehead atoms. The molecule has 1 unspecified atom stereocenters. The van der Waals surface area contributed by atoms with Crippen molar-refractivity contribution in [3.05, 3.63) is 134 Å². The fourth-order valence-electron chi connectivity index (χ4n) is 4.13. The minimum atomic E-state index is -0.501. The van der Waals surface area contributed by atoms with Crippen LogP contribution in [0.3, 0.4) is 0 Å². The predicted molar refractivity (Wildman–Crippen MR) is 193 cm³/mol. The molecule has 3 N–H and O–H groups in total. The van der Waals surface area contributed by atoms with Crippen molar-refractivity contribution in [2.45, 2.75) is 17.1 Å². The standard InChI is InChI=1S/C34H25BrCl2N4O3S2/c1-20(31(42)41-34-40-30(19-45-34)23-13-14-27(36)28(37)17-23)46-26-12-6-11-25(18-26)38-33(44)29(16-21-7-5-10-24(35)15-21)39-32(43)22-8-3-2-4-9-22/h2-20H,1H3,(H,38,44)(H,39,43)(H,40,41,42)/b29-16+. The van der Waals surface area contributed by atoms with E-state index in [2.05, 4.69) is 36.9 Å². The van der Waals surface area contributed by atoms with E-state index in [1.54, 1.807) is 67.6 Å². The molecule has 4 aromatic carbocycles. The quantitative estimate of drug-likeness (QED) is 0.0976. The summed E-state index contributed by atoms with van der Waals surface area (Å²) in [5.74, 6) is -1.14. The van der Waals surface area contributed by atoms with Crippen LogP contribution in [0.25, 0.3) is 17.3 Å². The monoisotopic (exact) mass is 750 g/mol. The number of nitrogens with zero attached hydrogens (tertiary/aromatic N) is 1. The Kier molecular flexibility index (Phi) is 11.3. The van der Waals surface area contributed by atoms with E-state index < -0.39 is 17.1 Å². The Morgan fingerprint density at radius 1 is 0.891 bits per heavy atom. The molecule has 0 aliphatic heterocycles. The maximum Gasteiger partial charge on any atom is 0.272 e. The normalized spacial score (nSPS) is 11.9. The number of anilines is 2. The summed E-state index contributed by atoms with van der Waals surface area (Å²) in [6, 6.07) is 28.4. The highest BCUT2D eigenvalue weighted by Crippen LogP contribution is 2.31. The molecule has 1 aromatic heterocycles. The van der Waals surface area contributed by atoms with Gasteiger partial charge in [-0.3, -0.25) is 14.4 Å². The van der Waals surface area contributed by atoms with Crippen LogP contribution in [0.2, 0.25) is 10.0 Å². The first-order chi connectivity index (χ1) is 22.1. The second-order valence-electron chi connectivity index (χ2n) is 9.83. The molecule has 232 valence electrons. The first kappa shape index (κ1) is 33.4. The fraction of sp³-hybridized carbons (Fsp3) is 0.0588. The van der Waals surface area contributed by atoms with Gasteiger partial charge in [-0.05, 0) is 73.2 Å². The van der Waals surface area contributed by atoms with E-state index in [4.69, 9.17) is 23.2 Å². The lowest BCUT2D eigenvalue weighted by Gasteiger charge is -2.14. The highest BCUT2D eigenvalue weighted by Gasteiger charge is 2.19. The molecule has 0 spiro atoms. The minimum Gasteiger partial charge on any atom is -0.321 e. The summed E-state index contributed by atoms with van der Waals surface area (Å²) < 4.78 is 0.833. The van der Waals surface area contributed by atoms with Gasteiger partial charge in [0.2, 0.25) is 5.91 Å². The van der Waals surface area contributed by atoms with Crippen molar-refractivity contribution in [1.29, 1.82) is 0 Å². The van der Waals surface area contributed by atoms with Crippen molar-refractivity contribution in [3.63, 3.8) is 0 Å². The topological polar surface area (TPSA) is 100 Å². The van der Waals surface area contributed by atoms with E-state index in [1.165, 1.54) is 23.1 Å². The van der Waals surface area contributed by atoms with E-state index in [1.807, 2.05) is 47.8 Å². The highest BCUT2D eigenvalue weighted by atomic mass is 79.9. The van der Waals surface area contributed by atoms with Crippen molar-refractivity contribution in [3.8, 4) is 11.3 Å². The van der Waals surface area contributed by atoms with Crippen molar-refractivity contribution in [2.24, 2.45) is 0 Å². The van der Waals surface area contributed by atoms with Crippen molar-refractivity contribution < 1.29 is 14.4 Å². The van der Waals surface area contributed by atoms with Gasteiger partial charge in [-0.15, -0.1) is 23.1 Å². The maximum atomic E-state index is 13.5. The van der Waals surface area contributed by atoms with Gasteiger partial charge in [-0.2, -0.15) is 0 Å². The first-order valence-electron chi connectivity index (χ1n) is 13.8. The number of halogens is 3. The Morgan fingerprint density at radius 3 is 2.43 bits per heavy atom. The van der Waals surface area contributed by atoms with Crippen molar-refractivity contribution in [1.82, 2.24) is 10.3 Å². The van der Waals surface area contributed by atoms with Crippen LogP contribution < -0.4 is 16.0 Å². The van der Waals surface area contributed by atoms with Gasteiger partial charge in [0, 0.05) is 31.6 Å². The Morgan fingerprint density at radius 2 is 1.67 bits per heavy atom. The second kappa shape index (κ2) is 15.6. The lowest BCUT2D eigenvalue weighted by atomic mass is 10.1. The largest absolute Gasteiger partial charge is 0.321 e.